The van der Waals surface area contributed by atoms with Gasteiger partial charge < -0.3 is 38.9 Å². The molecule has 1 aromatic heterocycles. The number of ether oxygens (including phenoxy) is 4. The van der Waals surface area contributed by atoms with Crippen molar-refractivity contribution in [3.63, 3.8) is 0 Å². The number of halogens is 3. The molecule has 1 atom stereocenters. The molecule has 2 heterocycles. The van der Waals surface area contributed by atoms with Crippen molar-refractivity contribution in [1.82, 2.24) is 20.5 Å². The number of rotatable bonds is 11. The number of carbonyl (C=O) groups is 3. The second-order valence-electron chi connectivity index (χ2n) is 12.2. The lowest BCUT2D eigenvalue weighted by Gasteiger charge is -2.35. The van der Waals surface area contributed by atoms with Gasteiger partial charge in [-0.25, -0.2) is 19.0 Å². The number of piperidine rings is 1. The molecular formula is C30H39F3N4O8. The Balaban J connectivity index is 1.58. The standard InChI is InChI=1S/C30H39F3N4O8/c1-17(35-27(39)45-29(2,3)4)23-22(24(38)34-16-30(33)10-12-37(13-11-30)28(40)41-5)36-25(44-23)19-8-9-20(43-26(31)32)21(14-19)42-15-18-6-7-18/h8-9,14,17-18,26H,6-7,10-13,15-16H2,1-5H3,(H,34,38)(H,35,39)/t17-/m0/s1. The summed E-state index contributed by atoms with van der Waals surface area (Å²) in [4.78, 5) is 43.4. The van der Waals surface area contributed by atoms with E-state index in [1.165, 1.54) is 30.2 Å². The topological polar surface area (TPSA) is 141 Å². The second-order valence-corrected chi connectivity index (χ2v) is 12.2. The maximum atomic E-state index is 15.6. The van der Waals surface area contributed by atoms with Gasteiger partial charge in [-0.1, -0.05) is 0 Å². The lowest BCUT2D eigenvalue weighted by Crippen LogP contribution is -2.49. The van der Waals surface area contributed by atoms with Gasteiger partial charge in [-0.15, -0.1) is 0 Å². The summed E-state index contributed by atoms with van der Waals surface area (Å²) in [6, 6.07) is 3.19. The van der Waals surface area contributed by atoms with Crippen LogP contribution < -0.4 is 20.1 Å². The van der Waals surface area contributed by atoms with Crippen LogP contribution in [0.1, 0.15) is 75.7 Å². The summed E-state index contributed by atoms with van der Waals surface area (Å²) in [5, 5.41) is 5.16. The molecule has 2 N–H and O–H groups in total. The molecule has 2 aliphatic rings. The average molecular weight is 641 g/mol. The zero-order chi connectivity index (χ0) is 32.9. The molecule has 1 aliphatic heterocycles. The molecule has 1 saturated heterocycles. The van der Waals surface area contributed by atoms with E-state index in [9.17, 15) is 23.2 Å². The van der Waals surface area contributed by atoms with Crippen LogP contribution in [0.25, 0.3) is 11.5 Å². The number of benzene rings is 1. The van der Waals surface area contributed by atoms with Gasteiger partial charge in [0.05, 0.1) is 26.3 Å². The van der Waals surface area contributed by atoms with E-state index in [0.717, 1.165) is 12.8 Å². The molecule has 15 heteroatoms. The van der Waals surface area contributed by atoms with Crippen molar-refractivity contribution in [2.24, 2.45) is 5.92 Å². The minimum atomic E-state index is -3.07. The Hall–Kier alpha value is -4.17. The smallest absolute Gasteiger partial charge is 0.409 e. The van der Waals surface area contributed by atoms with Crippen LogP contribution in [0.2, 0.25) is 0 Å². The molecule has 0 spiro atoms. The normalized spacial score (nSPS) is 17.0. The highest BCUT2D eigenvalue weighted by molar-refractivity contribution is 5.94. The average Bonchev–Trinajstić information content (AvgIpc) is 3.69. The molecule has 1 aromatic carbocycles. The van der Waals surface area contributed by atoms with E-state index in [4.69, 9.17) is 13.9 Å². The summed E-state index contributed by atoms with van der Waals surface area (Å²) in [6.07, 6.45) is 0.571. The Bertz CT molecular complexity index is 1370. The highest BCUT2D eigenvalue weighted by Gasteiger charge is 2.37. The highest BCUT2D eigenvalue weighted by Crippen LogP contribution is 2.37. The lowest BCUT2D eigenvalue weighted by molar-refractivity contribution is -0.0515. The van der Waals surface area contributed by atoms with Gasteiger partial charge >= 0.3 is 18.8 Å². The fraction of sp³-hybridized carbons (Fsp3) is 0.600. The van der Waals surface area contributed by atoms with Crippen LogP contribution >= 0.6 is 0 Å². The zero-order valence-electron chi connectivity index (χ0n) is 25.9. The second kappa shape index (κ2) is 13.9. The molecule has 1 aliphatic carbocycles. The molecule has 3 amide bonds. The van der Waals surface area contributed by atoms with Gasteiger partial charge in [0.25, 0.3) is 5.91 Å². The number of nitrogens with one attached hydrogen (secondary N) is 2. The number of hydrogen-bond donors (Lipinski definition) is 2. The minimum absolute atomic E-state index is 0.0213. The molecule has 0 radical (unpaired) electrons. The predicted molar refractivity (Wildman–Crippen MR) is 154 cm³/mol. The van der Waals surface area contributed by atoms with Crippen molar-refractivity contribution in [1.29, 1.82) is 0 Å². The third-order valence-corrected chi connectivity index (χ3v) is 7.23. The van der Waals surface area contributed by atoms with Gasteiger partial charge in [-0.3, -0.25) is 4.79 Å². The van der Waals surface area contributed by atoms with Crippen molar-refractivity contribution < 1.29 is 50.9 Å². The summed E-state index contributed by atoms with van der Waals surface area (Å²) in [6.45, 7) is 3.72. The minimum Gasteiger partial charge on any atom is -0.489 e. The molecule has 1 saturated carbocycles. The third kappa shape index (κ3) is 9.41. The monoisotopic (exact) mass is 640 g/mol. The van der Waals surface area contributed by atoms with Crippen LogP contribution in [-0.4, -0.2) is 79.2 Å². The summed E-state index contributed by atoms with van der Waals surface area (Å²) in [5.41, 5.74) is -2.53. The predicted octanol–water partition coefficient (Wildman–Crippen LogP) is 5.62. The summed E-state index contributed by atoms with van der Waals surface area (Å²) in [5.74, 6) is -0.700. The van der Waals surface area contributed by atoms with Crippen LogP contribution in [0, 0.1) is 5.92 Å². The SMILES string of the molecule is COC(=O)N1CCC(F)(CNC(=O)c2nc(-c3ccc(OC(F)F)c(OCC4CC4)c3)oc2[C@H](C)NC(=O)OC(C)(C)C)CC1. The summed E-state index contributed by atoms with van der Waals surface area (Å²) < 4.78 is 67.9. The Morgan fingerprint density at radius 2 is 1.84 bits per heavy atom. The first-order valence-electron chi connectivity index (χ1n) is 14.7. The van der Waals surface area contributed by atoms with Gasteiger partial charge in [-0.05, 0) is 64.7 Å². The molecule has 0 bridgehead atoms. The number of alkyl carbamates (subject to hydrolysis) is 1. The molecule has 2 aromatic rings. The lowest BCUT2D eigenvalue weighted by atomic mass is 9.93. The van der Waals surface area contributed by atoms with E-state index >= 15 is 4.39 Å². The van der Waals surface area contributed by atoms with Crippen LogP contribution in [0.15, 0.2) is 22.6 Å². The van der Waals surface area contributed by atoms with Gasteiger partial charge in [0, 0.05) is 31.5 Å². The highest BCUT2D eigenvalue weighted by atomic mass is 19.3. The molecular weight excluding hydrogens is 601 g/mol. The number of hydrogen-bond acceptors (Lipinski definition) is 9. The van der Waals surface area contributed by atoms with Crippen molar-refractivity contribution in [3.05, 3.63) is 29.7 Å². The summed E-state index contributed by atoms with van der Waals surface area (Å²) in [7, 11) is 1.25. The molecule has 248 valence electrons. The fourth-order valence-electron chi connectivity index (χ4n) is 4.62. The van der Waals surface area contributed by atoms with Crippen LogP contribution in [-0.2, 0) is 9.47 Å². The molecule has 45 heavy (non-hydrogen) atoms. The van der Waals surface area contributed by atoms with Gasteiger partial charge in [0.15, 0.2) is 23.0 Å². The van der Waals surface area contributed by atoms with E-state index in [0.29, 0.717) is 12.5 Å². The van der Waals surface area contributed by atoms with Gasteiger partial charge in [-0.2, -0.15) is 8.78 Å². The number of nitrogens with zero attached hydrogens (tertiary/aromatic N) is 2. The largest absolute Gasteiger partial charge is 0.489 e. The Morgan fingerprint density at radius 1 is 1.16 bits per heavy atom. The number of oxazole rings is 1. The van der Waals surface area contributed by atoms with Crippen molar-refractivity contribution >= 4 is 18.1 Å². The van der Waals surface area contributed by atoms with Crippen molar-refractivity contribution in [2.45, 2.75) is 77.3 Å². The number of methoxy groups -OCH3 is 1. The fourth-order valence-corrected chi connectivity index (χ4v) is 4.62. The van der Waals surface area contributed by atoms with Crippen molar-refractivity contribution in [2.75, 3.05) is 33.4 Å². The van der Waals surface area contributed by atoms with Gasteiger partial charge in [0.2, 0.25) is 5.89 Å². The quantitative estimate of drug-likeness (QED) is 0.320. The third-order valence-electron chi connectivity index (χ3n) is 7.23. The van der Waals surface area contributed by atoms with E-state index in [2.05, 4.69) is 25.1 Å². The maximum Gasteiger partial charge on any atom is 0.409 e. The van der Waals surface area contributed by atoms with Crippen molar-refractivity contribution in [3.8, 4) is 23.0 Å². The van der Waals surface area contributed by atoms with E-state index in [-0.39, 0.29) is 66.9 Å². The first kappa shape index (κ1) is 33.7. The first-order chi connectivity index (χ1) is 21.2. The summed E-state index contributed by atoms with van der Waals surface area (Å²) >= 11 is 0. The Morgan fingerprint density at radius 3 is 2.44 bits per heavy atom. The number of alkyl halides is 3. The molecule has 2 fully saturated rings. The van der Waals surface area contributed by atoms with Crippen LogP contribution in [0.3, 0.4) is 0 Å². The maximum absolute atomic E-state index is 15.6. The van der Waals surface area contributed by atoms with Crippen LogP contribution in [0.4, 0.5) is 22.8 Å². The van der Waals surface area contributed by atoms with E-state index in [1.807, 2.05) is 0 Å². The number of amides is 3. The number of likely N-dealkylation sites (tertiary alicyclic amines) is 1. The first-order valence-corrected chi connectivity index (χ1v) is 14.7. The Labute approximate surface area is 258 Å². The number of aromatic nitrogens is 1. The molecule has 4 rings (SSSR count). The molecule has 12 nitrogen and oxygen atoms in total. The van der Waals surface area contributed by atoms with Gasteiger partial charge in [0.1, 0.15) is 11.3 Å². The van der Waals surface area contributed by atoms with E-state index < -0.39 is 42.0 Å². The zero-order valence-corrected chi connectivity index (χ0v) is 25.9. The van der Waals surface area contributed by atoms with E-state index in [1.54, 1.807) is 27.7 Å². The number of carbonyl (C=O) groups excluding carboxylic acids is 3. The van der Waals surface area contributed by atoms with Crippen LogP contribution in [0.5, 0.6) is 11.5 Å². The Kier molecular flexibility index (Phi) is 10.4. The molecule has 0 unspecified atom stereocenters.